The van der Waals surface area contributed by atoms with Crippen molar-refractivity contribution >= 4 is 35.8 Å². The zero-order valence-electron chi connectivity index (χ0n) is 14.3. The Labute approximate surface area is 144 Å². The molecule has 1 aromatic rings. The summed E-state index contributed by atoms with van der Waals surface area (Å²) < 4.78 is 7.76. The van der Waals surface area contributed by atoms with Crippen LogP contribution in [0.2, 0.25) is 21.6 Å². The molecule has 0 N–H and O–H groups in total. The van der Waals surface area contributed by atoms with Gasteiger partial charge in [-0.3, -0.25) is 0 Å². The predicted octanol–water partition coefficient (Wildman–Crippen LogP) is 7.22. The smallest absolute Gasteiger partial charge is 0.258 e. The van der Waals surface area contributed by atoms with Gasteiger partial charge in [-0.2, -0.15) is 0 Å². The quantitative estimate of drug-likeness (QED) is 0.465. The van der Waals surface area contributed by atoms with Crippen LogP contribution in [0.1, 0.15) is 54.0 Å². The molecular formula is C17H28BrClOSi. The molecule has 0 heterocycles. The molecule has 4 heteroatoms. The lowest BCUT2D eigenvalue weighted by Crippen LogP contribution is -2.50. The van der Waals surface area contributed by atoms with E-state index in [1.54, 1.807) is 0 Å². The Balaban J connectivity index is 3.34. The van der Waals surface area contributed by atoms with Crippen LogP contribution in [0.25, 0.3) is 0 Å². The Bertz CT molecular complexity index is 464. The lowest BCUT2D eigenvalue weighted by atomic mass is 10.1. The normalized spacial score (nSPS) is 12.6. The minimum Gasteiger partial charge on any atom is -0.542 e. The van der Waals surface area contributed by atoms with Crippen molar-refractivity contribution in [3.8, 4) is 5.75 Å². The molecule has 0 saturated heterocycles. The highest BCUT2D eigenvalue weighted by Crippen LogP contribution is 2.45. The average molecular weight is 392 g/mol. The molecule has 0 atom stereocenters. The van der Waals surface area contributed by atoms with Gasteiger partial charge in [-0.15, -0.1) is 0 Å². The van der Waals surface area contributed by atoms with Gasteiger partial charge >= 0.3 is 0 Å². The molecule has 0 fully saturated rings. The molecule has 1 nitrogen and oxygen atoms in total. The van der Waals surface area contributed by atoms with Crippen LogP contribution < -0.4 is 4.43 Å². The van der Waals surface area contributed by atoms with Crippen molar-refractivity contribution in [3.63, 3.8) is 0 Å². The highest BCUT2D eigenvalue weighted by molar-refractivity contribution is 9.10. The molecule has 0 aromatic heterocycles. The minimum absolute atomic E-state index is 0.544. The highest BCUT2D eigenvalue weighted by atomic mass is 79.9. The molecule has 0 saturated carbocycles. The van der Waals surface area contributed by atoms with Gasteiger partial charge in [0.2, 0.25) is 0 Å². The molecule has 1 aromatic carbocycles. The zero-order valence-corrected chi connectivity index (χ0v) is 17.6. The van der Waals surface area contributed by atoms with Gasteiger partial charge in [-0.25, -0.2) is 0 Å². The van der Waals surface area contributed by atoms with E-state index >= 15 is 0 Å². The first-order valence-electron chi connectivity index (χ1n) is 7.84. The minimum atomic E-state index is -1.95. The van der Waals surface area contributed by atoms with Gasteiger partial charge in [0.15, 0.2) is 0 Å². The predicted molar refractivity (Wildman–Crippen MR) is 100 cm³/mol. The van der Waals surface area contributed by atoms with Crippen molar-refractivity contribution in [2.24, 2.45) is 0 Å². The van der Waals surface area contributed by atoms with Crippen molar-refractivity contribution in [2.45, 2.75) is 71.5 Å². The van der Waals surface area contributed by atoms with Crippen LogP contribution in [0.3, 0.4) is 0 Å². The van der Waals surface area contributed by atoms with E-state index in [1.165, 1.54) is 0 Å². The second kappa shape index (κ2) is 7.52. The fraction of sp³-hybridized carbons (Fsp3) is 0.647. The summed E-state index contributed by atoms with van der Waals surface area (Å²) in [5.41, 5.74) is 2.76. The molecule has 120 valence electrons. The summed E-state index contributed by atoms with van der Waals surface area (Å²) in [6.07, 6.45) is 0.899. The molecule has 0 bridgehead atoms. The SMILES string of the molecule is CCc1c(Br)ccc(O[Si](C(C)C)(C(C)C)C(C)C)c1Cl. The summed E-state index contributed by atoms with van der Waals surface area (Å²) in [5, 5.41) is 0.769. The topological polar surface area (TPSA) is 9.23 Å². The van der Waals surface area contributed by atoms with Gasteiger partial charge in [0.1, 0.15) is 5.75 Å². The molecule has 21 heavy (non-hydrogen) atoms. The number of hydrogen-bond donors (Lipinski definition) is 0. The van der Waals surface area contributed by atoms with E-state index in [-0.39, 0.29) is 0 Å². The van der Waals surface area contributed by atoms with Crippen molar-refractivity contribution in [1.82, 2.24) is 0 Å². The van der Waals surface area contributed by atoms with Crippen LogP contribution in [-0.2, 0) is 6.42 Å². The fourth-order valence-corrected chi connectivity index (χ4v) is 9.91. The lowest BCUT2D eigenvalue weighted by Gasteiger charge is -2.42. The maximum absolute atomic E-state index is 6.70. The van der Waals surface area contributed by atoms with Crippen LogP contribution in [0.15, 0.2) is 16.6 Å². The maximum atomic E-state index is 6.70. The van der Waals surface area contributed by atoms with E-state index in [0.717, 1.165) is 27.2 Å². The van der Waals surface area contributed by atoms with Crippen LogP contribution in [0.4, 0.5) is 0 Å². The highest BCUT2D eigenvalue weighted by Gasteiger charge is 2.47. The summed E-state index contributed by atoms with van der Waals surface area (Å²) in [6.45, 7) is 15.9. The second-order valence-corrected chi connectivity index (χ2v) is 13.2. The molecule has 0 aliphatic rings. The second-order valence-electron chi connectivity index (χ2n) is 6.61. The average Bonchev–Trinajstić information content (AvgIpc) is 2.37. The van der Waals surface area contributed by atoms with Crippen LogP contribution in [0.5, 0.6) is 5.75 Å². The molecule has 0 spiro atoms. The molecule has 0 amide bonds. The van der Waals surface area contributed by atoms with E-state index in [0.29, 0.717) is 16.6 Å². The van der Waals surface area contributed by atoms with E-state index in [4.69, 9.17) is 16.0 Å². The lowest BCUT2D eigenvalue weighted by molar-refractivity contribution is 0.479. The van der Waals surface area contributed by atoms with Crippen LogP contribution in [-0.4, -0.2) is 8.32 Å². The van der Waals surface area contributed by atoms with Gasteiger partial charge in [-0.1, -0.05) is 76.0 Å². The molecule has 0 aliphatic heterocycles. The molecular weight excluding hydrogens is 364 g/mol. The zero-order chi connectivity index (χ0) is 16.4. The van der Waals surface area contributed by atoms with Gasteiger partial charge in [-0.05, 0) is 40.7 Å². The summed E-state index contributed by atoms with van der Waals surface area (Å²) in [5.74, 6) is 0.861. The number of rotatable bonds is 6. The molecule has 0 aliphatic carbocycles. The molecule has 0 unspecified atom stereocenters. The standard InChI is InChI=1S/C17H28BrClOSi/c1-8-14-15(18)9-10-16(17(14)19)20-21(11(2)3,12(4)5)13(6)7/h9-13H,8H2,1-7H3. The number of hydrogen-bond acceptors (Lipinski definition) is 1. The number of halogens is 2. The Morgan fingerprint density at radius 1 is 1.05 bits per heavy atom. The first-order valence-corrected chi connectivity index (χ1v) is 11.1. The summed E-state index contributed by atoms with van der Waals surface area (Å²) in [7, 11) is -1.95. The fourth-order valence-electron chi connectivity index (χ4n) is 3.52. The number of benzene rings is 1. The summed E-state index contributed by atoms with van der Waals surface area (Å²) >= 11 is 10.2. The van der Waals surface area contributed by atoms with Crippen molar-refractivity contribution in [2.75, 3.05) is 0 Å². The van der Waals surface area contributed by atoms with Gasteiger partial charge < -0.3 is 4.43 Å². The Morgan fingerprint density at radius 3 is 1.90 bits per heavy atom. The maximum Gasteiger partial charge on any atom is 0.258 e. The summed E-state index contributed by atoms with van der Waals surface area (Å²) in [4.78, 5) is 0. The third kappa shape index (κ3) is 3.68. The van der Waals surface area contributed by atoms with E-state index in [9.17, 15) is 0 Å². The van der Waals surface area contributed by atoms with Crippen molar-refractivity contribution < 1.29 is 4.43 Å². The molecule has 0 radical (unpaired) electrons. The monoisotopic (exact) mass is 390 g/mol. The third-order valence-corrected chi connectivity index (χ3v) is 11.6. The van der Waals surface area contributed by atoms with E-state index in [2.05, 4.69) is 70.5 Å². The van der Waals surface area contributed by atoms with Crippen molar-refractivity contribution in [1.29, 1.82) is 0 Å². The van der Waals surface area contributed by atoms with Gasteiger partial charge in [0.05, 0.1) is 5.02 Å². The first kappa shape index (κ1) is 19.1. The Hall–Kier alpha value is 0.00688. The van der Waals surface area contributed by atoms with E-state index < -0.39 is 8.32 Å². The molecule has 1 rings (SSSR count). The van der Waals surface area contributed by atoms with Crippen molar-refractivity contribution in [3.05, 3.63) is 27.2 Å². The Kier molecular flexibility index (Phi) is 6.82. The Morgan fingerprint density at radius 2 is 1.52 bits per heavy atom. The van der Waals surface area contributed by atoms with Gasteiger partial charge in [0.25, 0.3) is 8.32 Å². The third-order valence-electron chi connectivity index (χ3n) is 4.50. The van der Waals surface area contributed by atoms with Crippen LogP contribution in [0, 0.1) is 0 Å². The first-order chi connectivity index (χ1) is 9.68. The van der Waals surface area contributed by atoms with Gasteiger partial charge in [0, 0.05) is 4.47 Å². The summed E-state index contributed by atoms with van der Waals surface area (Å²) in [6, 6.07) is 4.07. The largest absolute Gasteiger partial charge is 0.542 e. The van der Waals surface area contributed by atoms with Crippen LogP contribution >= 0.6 is 27.5 Å². The van der Waals surface area contributed by atoms with E-state index in [1.807, 2.05) is 6.07 Å².